The van der Waals surface area contributed by atoms with Crippen molar-refractivity contribution in [2.75, 3.05) is 11.1 Å². The van der Waals surface area contributed by atoms with Gasteiger partial charge in [-0.05, 0) is 57.2 Å². The van der Waals surface area contributed by atoms with Crippen LogP contribution in [0.2, 0.25) is 0 Å². The molecular formula is C21H22N4O2S2. The lowest BCUT2D eigenvalue weighted by molar-refractivity contribution is -0.115. The summed E-state index contributed by atoms with van der Waals surface area (Å²) in [6.45, 7) is 3.27. The molecule has 0 fully saturated rings. The molecule has 0 bridgehead atoms. The molecule has 1 amide bonds. The molecule has 0 saturated carbocycles. The van der Waals surface area contributed by atoms with E-state index in [9.17, 15) is 9.59 Å². The number of nitrogen functional groups attached to an aromatic ring is 1. The molecule has 8 heteroatoms. The molecule has 1 atom stereocenters. The lowest BCUT2D eigenvalue weighted by atomic mass is 9.97. The van der Waals surface area contributed by atoms with Gasteiger partial charge in [-0.3, -0.25) is 9.59 Å². The van der Waals surface area contributed by atoms with Gasteiger partial charge in [0, 0.05) is 10.4 Å². The van der Waals surface area contributed by atoms with Crippen LogP contribution >= 0.6 is 23.1 Å². The van der Waals surface area contributed by atoms with Crippen LogP contribution in [0.3, 0.4) is 0 Å². The predicted octanol–water partition coefficient (Wildman–Crippen LogP) is 4.47. The molecule has 0 radical (unpaired) electrons. The molecule has 0 saturated heterocycles. The SMILES string of the molecule is CC(=O)c1ccccc1NC(=O)C(C)Sc1nc(N)c2c3c(sc2n1)CCCC3. The van der Waals surface area contributed by atoms with Crippen molar-refractivity contribution < 1.29 is 9.59 Å². The van der Waals surface area contributed by atoms with Crippen molar-refractivity contribution in [3.63, 3.8) is 0 Å². The Balaban J connectivity index is 1.54. The first-order valence-electron chi connectivity index (χ1n) is 9.59. The molecule has 3 N–H and O–H groups in total. The monoisotopic (exact) mass is 426 g/mol. The Morgan fingerprint density at radius 1 is 1.21 bits per heavy atom. The van der Waals surface area contributed by atoms with Crippen LogP contribution in [0.4, 0.5) is 11.5 Å². The Morgan fingerprint density at radius 3 is 2.76 bits per heavy atom. The van der Waals surface area contributed by atoms with Gasteiger partial charge in [-0.15, -0.1) is 11.3 Å². The van der Waals surface area contributed by atoms with E-state index in [1.165, 1.54) is 42.0 Å². The lowest BCUT2D eigenvalue weighted by Gasteiger charge is -2.13. The van der Waals surface area contributed by atoms with Crippen LogP contribution < -0.4 is 11.1 Å². The summed E-state index contributed by atoms with van der Waals surface area (Å²) in [6.07, 6.45) is 4.48. The molecule has 1 aromatic carbocycles. The van der Waals surface area contributed by atoms with Crippen LogP contribution in [-0.4, -0.2) is 26.9 Å². The Bertz CT molecular complexity index is 1110. The summed E-state index contributed by atoms with van der Waals surface area (Å²) in [6, 6.07) is 6.99. The highest BCUT2D eigenvalue weighted by Gasteiger charge is 2.22. The number of Topliss-reactive ketones (excluding diaryl/α,β-unsaturated/α-hetero) is 1. The Hall–Kier alpha value is -2.45. The molecule has 0 spiro atoms. The number of hydrogen-bond donors (Lipinski definition) is 2. The number of amides is 1. The zero-order valence-electron chi connectivity index (χ0n) is 16.3. The molecule has 1 aliphatic rings. The van der Waals surface area contributed by atoms with Crippen molar-refractivity contribution in [2.45, 2.75) is 49.9 Å². The van der Waals surface area contributed by atoms with Gasteiger partial charge in [-0.25, -0.2) is 9.97 Å². The van der Waals surface area contributed by atoms with Crippen LogP contribution in [0, 0.1) is 0 Å². The number of aryl methyl sites for hydroxylation is 2. The van der Waals surface area contributed by atoms with Crippen molar-refractivity contribution in [3.05, 3.63) is 40.3 Å². The van der Waals surface area contributed by atoms with E-state index in [0.29, 0.717) is 22.2 Å². The van der Waals surface area contributed by atoms with Crippen molar-refractivity contribution >= 4 is 56.5 Å². The average Bonchev–Trinajstić information content (AvgIpc) is 3.06. The molecule has 2 heterocycles. The smallest absolute Gasteiger partial charge is 0.237 e. The van der Waals surface area contributed by atoms with Crippen molar-refractivity contribution in [3.8, 4) is 0 Å². The van der Waals surface area contributed by atoms with Gasteiger partial charge < -0.3 is 11.1 Å². The molecule has 4 rings (SSSR count). The summed E-state index contributed by atoms with van der Waals surface area (Å²) in [4.78, 5) is 35.8. The van der Waals surface area contributed by atoms with E-state index in [1.807, 2.05) is 0 Å². The Morgan fingerprint density at radius 2 is 1.97 bits per heavy atom. The number of aromatic nitrogens is 2. The second kappa shape index (κ2) is 8.12. The number of para-hydroxylation sites is 1. The van der Waals surface area contributed by atoms with E-state index in [1.54, 1.807) is 42.5 Å². The first-order valence-corrected chi connectivity index (χ1v) is 11.3. The van der Waals surface area contributed by atoms with E-state index in [4.69, 9.17) is 5.73 Å². The third-order valence-corrected chi connectivity index (χ3v) is 7.18. The third-order valence-electron chi connectivity index (χ3n) is 5.04. The van der Waals surface area contributed by atoms with Gasteiger partial charge >= 0.3 is 0 Å². The molecule has 1 unspecified atom stereocenters. The van der Waals surface area contributed by atoms with Crippen LogP contribution in [-0.2, 0) is 17.6 Å². The number of hydrogen-bond acceptors (Lipinski definition) is 7. The normalized spacial score (nSPS) is 14.4. The number of benzene rings is 1. The number of nitrogens with two attached hydrogens (primary N) is 1. The number of fused-ring (bicyclic) bond motifs is 3. The van der Waals surface area contributed by atoms with Crippen LogP contribution in [0.25, 0.3) is 10.2 Å². The number of ketones is 1. The zero-order chi connectivity index (χ0) is 20.5. The van der Waals surface area contributed by atoms with Gasteiger partial charge in [0.15, 0.2) is 10.9 Å². The molecule has 3 aromatic rings. The highest BCUT2D eigenvalue weighted by Crippen LogP contribution is 2.39. The molecule has 150 valence electrons. The molecular weight excluding hydrogens is 404 g/mol. The van der Waals surface area contributed by atoms with Gasteiger partial charge in [0.2, 0.25) is 5.91 Å². The van der Waals surface area contributed by atoms with Gasteiger partial charge in [-0.1, -0.05) is 23.9 Å². The summed E-state index contributed by atoms with van der Waals surface area (Å²) in [7, 11) is 0. The minimum atomic E-state index is -0.443. The fraction of sp³-hybridized carbons (Fsp3) is 0.333. The largest absolute Gasteiger partial charge is 0.383 e. The maximum Gasteiger partial charge on any atom is 0.237 e. The molecule has 6 nitrogen and oxygen atoms in total. The zero-order valence-corrected chi connectivity index (χ0v) is 18.0. The number of thiophene rings is 1. The van der Waals surface area contributed by atoms with Gasteiger partial charge in [0.1, 0.15) is 10.6 Å². The maximum absolute atomic E-state index is 12.7. The highest BCUT2D eigenvalue weighted by molar-refractivity contribution is 8.00. The predicted molar refractivity (Wildman–Crippen MR) is 119 cm³/mol. The number of nitrogens with zero attached hydrogens (tertiary/aromatic N) is 2. The number of thioether (sulfide) groups is 1. The number of nitrogens with one attached hydrogen (secondary N) is 1. The first kappa shape index (κ1) is 19.8. The van der Waals surface area contributed by atoms with Crippen LogP contribution in [0.1, 0.15) is 47.5 Å². The summed E-state index contributed by atoms with van der Waals surface area (Å²) in [5.41, 5.74) is 8.56. The number of carbonyl (C=O) groups is 2. The summed E-state index contributed by atoms with van der Waals surface area (Å²) in [5.74, 6) is 0.187. The third kappa shape index (κ3) is 4.00. The molecule has 29 heavy (non-hydrogen) atoms. The standard InChI is InChI=1S/C21H22N4O2S2/c1-11(26)13-7-3-5-9-15(13)23-19(27)12(2)28-21-24-18(22)17-14-8-4-6-10-16(14)29-20(17)25-21/h3,5,7,9,12H,4,6,8,10H2,1-2H3,(H,23,27)(H2,22,24,25). The van der Waals surface area contributed by atoms with Crippen molar-refractivity contribution in [1.82, 2.24) is 9.97 Å². The summed E-state index contributed by atoms with van der Waals surface area (Å²) in [5, 5.41) is 3.88. The Labute approximate surface area is 177 Å². The maximum atomic E-state index is 12.7. The summed E-state index contributed by atoms with van der Waals surface area (Å²) < 4.78 is 0. The quantitative estimate of drug-likeness (QED) is 0.355. The molecule has 0 aliphatic heterocycles. The fourth-order valence-electron chi connectivity index (χ4n) is 3.56. The van der Waals surface area contributed by atoms with E-state index in [0.717, 1.165) is 23.1 Å². The molecule has 1 aliphatic carbocycles. The lowest BCUT2D eigenvalue weighted by Crippen LogP contribution is -2.23. The first-order chi connectivity index (χ1) is 13.9. The van der Waals surface area contributed by atoms with Gasteiger partial charge in [0.25, 0.3) is 0 Å². The van der Waals surface area contributed by atoms with E-state index >= 15 is 0 Å². The van der Waals surface area contributed by atoms with E-state index < -0.39 is 5.25 Å². The van der Waals surface area contributed by atoms with Crippen LogP contribution in [0.5, 0.6) is 0 Å². The number of anilines is 2. The van der Waals surface area contributed by atoms with Crippen molar-refractivity contribution in [1.29, 1.82) is 0 Å². The second-order valence-electron chi connectivity index (χ2n) is 7.13. The van der Waals surface area contributed by atoms with Crippen LogP contribution in [0.15, 0.2) is 29.4 Å². The minimum Gasteiger partial charge on any atom is -0.383 e. The van der Waals surface area contributed by atoms with E-state index in [2.05, 4.69) is 15.3 Å². The molecule has 2 aromatic heterocycles. The Kier molecular flexibility index (Phi) is 5.56. The highest BCUT2D eigenvalue weighted by atomic mass is 32.2. The van der Waals surface area contributed by atoms with Crippen molar-refractivity contribution in [2.24, 2.45) is 0 Å². The van der Waals surface area contributed by atoms with Gasteiger partial charge in [0.05, 0.1) is 16.3 Å². The topological polar surface area (TPSA) is 98.0 Å². The minimum absolute atomic E-state index is 0.0931. The van der Waals surface area contributed by atoms with E-state index in [-0.39, 0.29) is 11.7 Å². The summed E-state index contributed by atoms with van der Waals surface area (Å²) >= 11 is 2.96. The second-order valence-corrected chi connectivity index (χ2v) is 9.53. The van der Waals surface area contributed by atoms with Gasteiger partial charge in [-0.2, -0.15) is 0 Å². The fourth-order valence-corrected chi connectivity index (χ4v) is 5.67. The number of rotatable bonds is 5. The number of carbonyl (C=O) groups excluding carboxylic acids is 2. The average molecular weight is 427 g/mol.